The van der Waals surface area contributed by atoms with E-state index in [1.165, 1.54) is 36.4 Å². The third-order valence-corrected chi connectivity index (χ3v) is 8.32. The largest absolute Gasteiger partial charge is 0.467 e. The first-order chi connectivity index (χ1) is 26.1. The fourth-order valence-corrected chi connectivity index (χ4v) is 5.22. The zero-order chi connectivity index (χ0) is 39.8. The third kappa shape index (κ3) is 11.2. The number of methoxy groups -OCH3 is 1. The van der Waals surface area contributed by atoms with Crippen molar-refractivity contribution in [2.75, 3.05) is 30.9 Å². The molecule has 0 aliphatic heterocycles. The Morgan fingerprint density at radius 1 is 0.891 bits per heavy atom. The molecule has 0 spiro atoms. The summed E-state index contributed by atoms with van der Waals surface area (Å²) in [6.45, 7) is -2.36. The van der Waals surface area contributed by atoms with Gasteiger partial charge in [-0.3, -0.25) is 14.4 Å². The standard InChI is InChI=1S/C35H32ClF5N8O6/c1-54-30(53)25(13-16-42-28(51)29(52)43-17-20-3-2-4-24(37)26(20)38)45-27(50)19-5-11-23(12-6-19)44-31-46-32(48-33(47-31)55-18-35(39,40)41)49-34(14-15-34)21-7-9-22(36)10-8-21/h2-12,25H,13-18H2,1H3,(H,42,51)(H,43,52)(H,45,50)(H2,44,46,47,48,49)/t25-/m0/s1. The SMILES string of the molecule is COC(=O)[C@H](CCNC(=O)C(=O)NCc1cccc(F)c1F)NC(=O)c1ccc(Nc2nc(NC3(c4ccc(Cl)cc4)CC3)nc(OCC(F)(F)F)n2)cc1. The molecule has 1 aromatic heterocycles. The monoisotopic (exact) mass is 790 g/mol. The first-order valence-corrected chi connectivity index (χ1v) is 16.8. The van der Waals surface area contributed by atoms with Gasteiger partial charge in [-0.15, -0.1) is 0 Å². The zero-order valence-corrected chi connectivity index (χ0v) is 29.5. The smallest absolute Gasteiger partial charge is 0.422 e. The van der Waals surface area contributed by atoms with E-state index in [0.29, 0.717) is 23.6 Å². The summed E-state index contributed by atoms with van der Waals surface area (Å²) in [5.41, 5.74) is 0.526. The van der Waals surface area contributed by atoms with E-state index in [2.05, 4.69) is 41.5 Å². The summed E-state index contributed by atoms with van der Waals surface area (Å²) < 4.78 is 75.6. The summed E-state index contributed by atoms with van der Waals surface area (Å²) in [7, 11) is 1.09. The van der Waals surface area contributed by atoms with Gasteiger partial charge in [0.1, 0.15) is 6.04 Å². The predicted molar refractivity (Wildman–Crippen MR) is 186 cm³/mol. The van der Waals surface area contributed by atoms with Gasteiger partial charge in [0.25, 0.3) is 5.91 Å². The number of amides is 3. The van der Waals surface area contributed by atoms with Crippen LogP contribution >= 0.6 is 11.6 Å². The molecule has 290 valence electrons. The van der Waals surface area contributed by atoms with E-state index < -0.39 is 72.2 Å². The molecule has 14 nitrogen and oxygen atoms in total. The van der Waals surface area contributed by atoms with Crippen LogP contribution in [0.1, 0.15) is 40.7 Å². The number of alkyl halides is 3. The molecule has 1 saturated carbocycles. The van der Waals surface area contributed by atoms with Crippen molar-refractivity contribution in [3.05, 3.63) is 100 Å². The lowest BCUT2D eigenvalue weighted by atomic mass is 10.1. The number of aromatic nitrogens is 3. The Hall–Kier alpha value is -6.11. The van der Waals surface area contributed by atoms with Crippen molar-refractivity contribution in [1.82, 2.24) is 30.9 Å². The highest BCUT2D eigenvalue weighted by molar-refractivity contribution is 6.35. The number of rotatable bonds is 15. The summed E-state index contributed by atoms with van der Waals surface area (Å²) in [5, 5.41) is 13.5. The molecule has 4 aromatic rings. The van der Waals surface area contributed by atoms with Crippen LogP contribution in [0.5, 0.6) is 6.01 Å². The summed E-state index contributed by atoms with van der Waals surface area (Å²) >= 11 is 6.02. The number of ether oxygens (including phenoxy) is 2. The average molecular weight is 791 g/mol. The Labute approximate surface area is 314 Å². The van der Waals surface area contributed by atoms with Crippen LogP contribution < -0.4 is 31.3 Å². The summed E-state index contributed by atoms with van der Waals surface area (Å²) in [6.07, 6.45) is -3.46. The van der Waals surface area contributed by atoms with Crippen LogP contribution in [0.15, 0.2) is 66.7 Å². The normalized spacial score (nSPS) is 13.5. The lowest BCUT2D eigenvalue weighted by Crippen LogP contribution is -2.45. The molecule has 5 rings (SSSR count). The molecule has 1 heterocycles. The summed E-state index contributed by atoms with van der Waals surface area (Å²) in [5.74, 6) is -6.33. The Morgan fingerprint density at radius 3 is 2.22 bits per heavy atom. The Morgan fingerprint density at radius 2 is 1.56 bits per heavy atom. The van der Waals surface area contributed by atoms with Crippen molar-refractivity contribution >= 4 is 52.9 Å². The number of anilines is 3. The Kier molecular flexibility index (Phi) is 12.6. The molecule has 0 unspecified atom stereocenters. The Balaban J connectivity index is 1.19. The van der Waals surface area contributed by atoms with Gasteiger partial charge >= 0.3 is 30.0 Å². The quantitative estimate of drug-likeness (QED) is 0.0640. The van der Waals surface area contributed by atoms with Crippen LogP contribution in [-0.4, -0.2) is 71.1 Å². The maximum absolute atomic E-state index is 13.8. The highest BCUT2D eigenvalue weighted by atomic mass is 35.5. The second-order valence-electron chi connectivity index (χ2n) is 12.1. The van der Waals surface area contributed by atoms with Gasteiger partial charge in [-0.05, 0) is 67.3 Å². The number of esters is 1. The molecule has 1 aliphatic carbocycles. The highest BCUT2D eigenvalue weighted by Crippen LogP contribution is 2.48. The van der Waals surface area contributed by atoms with Gasteiger partial charge in [0, 0.05) is 34.9 Å². The van der Waals surface area contributed by atoms with Gasteiger partial charge in [-0.2, -0.15) is 28.1 Å². The van der Waals surface area contributed by atoms with Crippen LogP contribution in [0.3, 0.4) is 0 Å². The van der Waals surface area contributed by atoms with E-state index in [-0.39, 0.29) is 36.0 Å². The van der Waals surface area contributed by atoms with E-state index in [4.69, 9.17) is 21.1 Å². The number of carbonyl (C=O) groups excluding carboxylic acids is 4. The van der Waals surface area contributed by atoms with E-state index in [9.17, 15) is 41.1 Å². The molecule has 0 radical (unpaired) electrons. The predicted octanol–water partition coefficient (Wildman–Crippen LogP) is 4.68. The van der Waals surface area contributed by atoms with Gasteiger partial charge < -0.3 is 36.1 Å². The number of halogens is 6. The van der Waals surface area contributed by atoms with Crippen molar-refractivity contribution in [3.63, 3.8) is 0 Å². The number of nitrogens with zero attached hydrogens (tertiary/aromatic N) is 3. The Bertz CT molecular complexity index is 2040. The van der Waals surface area contributed by atoms with Crippen molar-refractivity contribution in [3.8, 4) is 6.01 Å². The van der Waals surface area contributed by atoms with Crippen LogP contribution in [0.2, 0.25) is 5.02 Å². The summed E-state index contributed by atoms with van der Waals surface area (Å²) in [6, 6.07) is 14.2. The van der Waals surface area contributed by atoms with Crippen LogP contribution in [0, 0.1) is 11.6 Å². The van der Waals surface area contributed by atoms with Crippen molar-refractivity contribution in [2.45, 2.75) is 43.6 Å². The molecule has 1 atom stereocenters. The molecular formula is C35H32ClF5N8O6. The lowest BCUT2D eigenvalue weighted by molar-refractivity contribution is -0.154. The maximum Gasteiger partial charge on any atom is 0.422 e. The minimum atomic E-state index is -4.66. The molecule has 1 aliphatic rings. The van der Waals surface area contributed by atoms with Crippen molar-refractivity contribution in [1.29, 1.82) is 0 Å². The number of nitrogens with one attached hydrogen (secondary N) is 5. The minimum Gasteiger partial charge on any atom is -0.467 e. The first-order valence-electron chi connectivity index (χ1n) is 16.4. The van der Waals surface area contributed by atoms with Crippen LogP contribution in [0.25, 0.3) is 0 Å². The molecular weight excluding hydrogens is 759 g/mol. The average Bonchev–Trinajstić information content (AvgIpc) is 3.93. The number of carbonyl (C=O) groups is 4. The zero-order valence-electron chi connectivity index (χ0n) is 28.7. The molecule has 5 N–H and O–H groups in total. The molecule has 3 amide bonds. The van der Waals surface area contributed by atoms with Crippen molar-refractivity contribution in [2.24, 2.45) is 0 Å². The first kappa shape index (κ1) is 40.1. The number of hydrogen-bond donors (Lipinski definition) is 5. The van der Waals surface area contributed by atoms with E-state index in [0.717, 1.165) is 18.7 Å². The molecule has 55 heavy (non-hydrogen) atoms. The molecule has 0 bridgehead atoms. The summed E-state index contributed by atoms with van der Waals surface area (Å²) in [4.78, 5) is 62.0. The van der Waals surface area contributed by atoms with Gasteiger partial charge in [-0.1, -0.05) is 35.9 Å². The lowest BCUT2D eigenvalue weighted by Gasteiger charge is -2.19. The van der Waals surface area contributed by atoms with Gasteiger partial charge in [0.05, 0.1) is 12.6 Å². The topological polar surface area (TPSA) is 186 Å². The van der Waals surface area contributed by atoms with Gasteiger partial charge in [0.15, 0.2) is 18.2 Å². The fraction of sp³-hybridized carbons (Fsp3) is 0.286. The van der Waals surface area contributed by atoms with Crippen LogP contribution in [0.4, 0.5) is 39.5 Å². The van der Waals surface area contributed by atoms with E-state index in [1.807, 2.05) is 12.1 Å². The van der Waals surface area contributed by atoms with Crippen LogP contribution in [-0.2, 0) is 31.2 Å². The number of benzene rings is 3. The molecule has 20 heteroatoms. The fourth-order valence-electron chi connectivity index (χ4n) is 5.09. The second-order valence-corrected chi connectivity index (χ2v) is 12.5. The van der Waals surface area contributed by atoms with Crippen molar-refractivity contribution < 1.29 is 50.6 Å². The molecule has 0 saturated heterocycles. The van der Waals surface area contributed by atoms with E-state index in [1.54, 1.807) is 12.1 Å². The third-order valence-electron chi connectivity index (χ3n) is 8.07. The highest BCUT2D eigenvalue weighted by Gasteiger charge is 2.45. The number of hydrogen-bond acceptors (Lipinski definition) is 11. The van der Waals surface area contributed by atoms with Gasteiger partial charge in [0.2, 0.25) is 11.9 Å². The maximum atomic E-state index is 13.8. The molecule has 3 aromatic carbocycles. The molecule has 1 fully saturated rings. The second kappa shape index (κ2) is 17.4. The minimum absolute atomic E-state index is 0.0527. The van der Waals surface area contributed by atoms with Gasteiger partial charge in [-0.25, -0.2) is 13.6 Å². The van der Waals surface area contributed by atoms with E-state index >= 15 is 0 Å².